The molecule has 0 saturated heterocycles. The van der Waals surface area contributed by atoms with Crippen LogP contribution in [-0.4, -0.2) is 24.9 Å². The van der Waals surface area contributed by atoms with Gasteiger partial charge in [-0.05, 0) is 43.3 Å². The van der Waals surface area contributed by atoms with Gasteiger partial charge in [0.1, 0.15) is 5.82 Å². The predicted molar refractivity (Wildman–Crippen MR) is 80.1 cm³/mol. The molecule has 1 aromatic carbocycles. The highest BCUT2D eigenvalue weighted by atomic mass is 19.1. The molecule has 5 nitrogen and oxygen atoms in total. The number of amides is 2. The zero-order chi connectivity index (χ0) is 15.9. The van der Waals surface area contributed by atoms with Crippen molar-refractivity contribution < 1.29 is 18.4 Å². The SMILES string of the molecule is CCN(C(=O)CCNC(=O)c1ccco1)c1ccc(F)cc1. The lowest BCUT2D eigenvalue weighted by Crippen LogP contribution is -2.34. The normalized spacial score (nSPS) is 10.3. The zero-order valence-electron chi connectivity index (χ0n) is 12.2. The Labute approximate surface area is 127 Å². The highest BCUT2D eigenvalue weighted by Gasteiger charge is 2.15. The topological polar surface area (TPSA) is 62.6 Å². The number of halogens is 1. The molecule has 0 atom stereocenters. The summed E-state index contributed by atoms with van der Waals surface area (Å²) in [6.07, 6.45) is 1.56. The molecule has 1 aromatic heterocycles. The van der Waals surface area contributed by atoms with Crippen molar-refractivity contribution in [3.63, 3.8) is 0 Å². The largest absolute Gasteiger partial charge is 0.459 e. The Balaban J connectivity index is 1.87. The van der Waals surface area contributed by atoms with Crippen molar-refractivity contribution in [2.45, 2.75) is 13.3 Å². The van der Waals surface area contributed by atoms with Crippen LogP contribution in [0.3, 0.4) is 0 Å². The van der Waals surface area contributed by atoms with Gasteiger partial charge in [-0.1, -0.05) is 0 Å². The third kappa shape index (κ3) is 3.94. The maximum absolute atomic E-state index is 12.9. The summed E-state index contributed by atoms with van der Waals surface area (Å²) in [6, 6.07) is 8.89. The zero-order valence-corrected chi connectivity index (χ0v) is 12.2. The smallest absolute Gasteiger partial charge is 0.286 e. The van der Waals surface area contributed by atoms with Crippen LogP contribution in [0.5, 0.6) is 0 Å². The van der Waals surface area contributed by atoms with Crippen LogP contribution >= 0.6 is 0 Å². The molecule has 6 heteroatoms. The summed E-state index contributed by atoms with van der Waals surface area (Å²) in [5, 5.41) is 2.62. The Morgan fingerprint density at radius 1 is 1.23 bits per heavy atom. The van der Waals surface area contributed by atoms with Crippen LogP contribution in [0.1, 0.15) is 23.9 Å². The van der Waals surface area contributed by atoms with Crippen molar-refractivity contribution in [2.75, 3.05) is 18.0 Å². The Kier molecular flexibility index (Phi) is 5.30. The third-order valence-electron chi connectivity index (χ3n) is 3.12. The second kappa shape index (κ2) is 7.40. The molecule has 0 unspecified atom stereocenters. The number of hydrogen-bond acceptors (Lipinski definition) is 3. The summed E-state index contributed by atoms with van der Waals surface area (Å²) in [4.78, 5) is 25.4. The van der Waals surface area contributed by atoms with Crippen LogP contribution in [0.2, 0.25) is 0 Å². The molecule has 0 fully saturated rings. The van der Waals surface area contributed by atoms with Crippen molar-refractivity contribution in [1.29, 1.82) is 0 Å². The second-order valence-corrected chi connectivity index (χ2v) is 4.60. The van der Waals surface area contributed by atoms with Crippen LogP contribution in [-0.2, 0) is 4.79 Å². The number of furan rings is 1. The summed E-state index contributed by atoms with van der Waals surface area (Å²) in [7, 11) is 0. The molecule has 2 rings (SSSR count). The number of nitrogens with one attached hydrogen (secondary N) is 1. The summed E-state index contributed by atoms with van der Waals surface area (Å²) in [6.45, 7) is 2.51. The third-order valence-corrected chi connectivity index (χ3v) is 3.12. The van der Waals surface area contributed by atoms with E-state index in [1.54, 1.807) is 29.2 Å². The van der Waals surface area contributed by atoms with Gasteiger partial charge in [0.2, 0.25) is 5.91 Å². The van der Waals surface area contributed by atoms with Crippen LogP contribution in [0, 0.1) is 5.82 Å². The Hall–Kier alpha value is -2.63. The summed E-state index contributed by atoms with van der Waals surface area (Å²) in [5.41, 5.74) is 0.631. The number of rotatable bonds is 6. The molecule has 2 amide bonds. The molecule has 116 valence electrons. The van der Waals surface area contributed by atoms with Crippen LogP contribution < -0.4 is 10.2 Å². The van der Waals surface area contributed by atoms with E-state index in [2.05, 4.69) is 5.32 Å². The monoisotopic (exact) mass is 304 g/mol. The van der Waals surface area contributed by atoms with Crippen molar-refractivity contribution in [2.24, 2.45) is 0 Å². The Morgan fingerprint density at radius 3 is 2.55 bits per heavy atom. The van der Waals surface area contributed by atoms with E-state index in [-0.39, 0.29) is 36.4 Å². The second-order valence-electron chi connectivity index (χ2n) is 4.60. The summed E-state index contributed by atoms with van der Waals surface area (Å²) >= 11 is 0. The molecule has 0 saturated carbocycles. The first kappa shape index (κ1) is 15.8. The fourth-order valence-electron chi connectivity index (χ4n) is 2.04. The molecule has 0 spiro atoms. The van der Waals surface area contributed by atoms with Crippen LogP contribution in [0.25, 0.3) is 0 Å². The molecule has 2 aromatic rings. The van der Waals surface area contributed by atoms with Gasteiger partial charge < -0.3 is 14.6 Å². The van der Waals surface area contributed by atoms with E-state index < -0.39 is 0 Å². The summed E-state index contributed by atoms with van der Waals surface area (Å²) < 4.78 is 17.9. The van der Waals surface area contributed by atoms with Crippen LogP contribution in [0.15, 0.2) is 47.1 Å². The first-order valence-electron chi connectivity index (χ1n) is 6.99. The number of benzene rings is 1. The van der Waals surface area contributed by atoms with E-state index in [4.69, 9.17) is 4.42 Å². The van der Waals surface area contributed by atoms with Gasteiger partial charge in [-0.2, -0.15) is 0 Å². The minimum atomic E-state index is -0.359. The molecule has 0 aliphatic carbocycles. The average Bonchev–Trinajstić information content (AvgIpc) is 3.04. The first-order chi connectivity index (χ1) is 10.6. The predicted octanol–water partition coefficient (Wildman–Crippen LogP) is 2.59. The Morgan fingerprint density at radius 2 is 1.95 bits per heavy atom. The molecular formula is C16H17FN2O3. The molecule has 0 aliphatic heterocycles. The molecule has 1 heterocycles. The van der Waals surface area contributed by atoms with Crippen molar-refractivity contribution >= 4 is 17.5 Å². The molecule has 0 aliphatic rings. The maximum Gasteiger partial charge on any atom is 0.286 e. The molecule has 0 radical (unpaired) electrons. The standard InChI is InChI=1S/C16H17FN2O3/c1-2-19(13-7-5-12(17)6-8-13)15(20)9-10-18-16(21)14-4-3-11-22-14/h3-8,11H,2,9-10H2,1H3,(H,18,21). The van der Waals surface area contributed by atoms with E-state index in [9.17, 15) is 14.0 Å². The lowest BCUT2D eigenvalue weighted by molar-refractivity contribution is -0.118. The van der Waals surface area contributed by atoms with Crippen molar-refractivity contribution in [3.05, 3.63) is 54.2 Å². The van der Waals surface area contributed by atoms with Gasteiger partial charge >= 0.3 is 0 Å². The maximum atomic E-state index is 12.9. The van der Waals surface area contributed by atoms with Crippen LogP contribution in [0.4, 0.5) is 10.1 Å². The van der Waals surface area contributed by atoms with E-state index >= 15 is 0 Å². The fourth-order valence-corrected chi connectivity index (χ4v) is 2.04. The lowest BCUT2D eigenvalue weighted by atomic mass is 10.2. The van der Waals surface area contributed by atoms with E-state index in [0.29, 0.717) is 12.2 Å². The van der Waals surface area contributed by atoms with E-state index in [1.807, 2.05) is 6.92 Å². The highest BCUT2D eigenvalue weighted by molar-refractivity contribution is 5.94. The number of hydrogen-bond donors (Lipinski definition) is 1. The summed E-state index contributed by atoms with van der Waals surface area (Å²) in [5.74, 6) is -0.646. The van der Waals surface area contributed by atoms with Gasteiger partial charge in [0.25, 0.3) is 5.91 Å². The first-order valence-corrected chi connectivity index (χ1v) is 6.99. The minimum absolute atomic E-state index is 0.145. The van der Waals surface area contributed by atoms with Gasteiger partial charge in [-0.15, -0.1) is 0 Å². The van der Waals surface area contributed by atoms with Gasteiger partial charge in [-0.25, -0.2) is 4.39 Å². The average molecular weight is 304 g/mol. The fraction of sp³-hybridized carbons (Fsp3) is 0.250. The number of carbonyl (C=O) groups is 2. The minimum Gasteiger partial charge on any atom is -0.459 e. The number of anilines is 1. The van der Waals surface area contributed by atoms with E-state index in [1.165, 1.54) is 18.4 Å². The van der Waals surface area contributed by atoms with Crippen molar-refractivity contribution in [3.8, 4) is 0 Å². The quantitative estimate of drug-likeness (QED) is 0.892. The van der Waals surface area contributed by atoms with Gasteiger partial charge in [0, 0.05) is 25.2 Å². The number of carbonyl (C=O) groups excluding carboxylic acids is 2. The Bertz CT molecular complexity index is 623. The molecular weight excluding hydrogens is 287 g/mol. The number of nitrogens with zero attached hydrogens (tertiary/aromatic N) is 1. The molecule has 0 bridgehead atoms. The lowest BCUT2D eigenvalue weighted by Gasteiger charge is -2.21. The van der Waals surface area contributed by atoms with Gasteiger partial charge in [0.15, 0.2) is 5.76 Å². The van der Waals surface area contributed by atoms with Gasteiger partial charge in [-0.3, -0.25) is 9.59 Å². The molecule has 22 heavy (non-hydrogen) atoms. The molecule has 1 N–H and O–H groups in total. The van der Waals surface area contributed by atoms with Crippen molar-refractivity contribution in [1.82, 2.24) is 5.32 Å². The van der Waals surface area contributed by atoms with E-state index in [0.717, 1.165) is 0 Å². The highest BCUT2D eigenvalue weighted by Crippen LogP contribution is 2.15. The van der Waals surface area contributed by atoms with Gasteiger partial charge in [0.05, 0.1) is 6.26 Å².